The first-order valence-electron chi connectivity index (χ1n) is 8.19. The molecule has 0 bridgehead atoms. The summed E-state index contributed by atoms with van der Waals surface area (Å²) in [6.45, 7) is 3.08. The molecule has 0 saturated carbocycles. The Hall–Kier alpha value is -1.94. The van der Waals surface area contributed by atoms with Crippen molar-refractivity contribution in [2.24, 2.45) is 10.9 Å². The summed E-state index contributed by atoms with van der Waals surface area (Å²) in [5.41, 5.74) is 5.40. The number of benzene rings is 1. The Labute approximate surface area is 142 Å². The number of H-pyrrole nitrogens is 2. The lowest BCUT2D eigenvalue weighted by molar-refractivity contribution is 0.445. The maximum absolute atomic E-state index is 5.11. The molecule has 4 heteroatoms. The molecule has 120 valence electrons. The summed E-state index contributed by atoms with van der Waals surface area (Å²) in [5, 5.41) is 0. The highest BCUT2D eigenvalue weighted by Gasteiger charge is 2.19. The molecular weight excluding hydrogens is 302 g/mol. The summed E-state index contributed by atoms with van der Waals surface area (Å²) in [7, 11) is 0. The van der Waals surface area contributed by atoms with Crippen LogP contribution in [-0.4, -0.2) is 22.7 Å². The zero-order valence-electron chi connectivity index (χ0n) is 13.5. The van der Waals surface area contributed by atoms with E-state index in [4.69, 9.17) is 12.2 Å². The monoisotopic (exact) mass is 325 g/mol. The first-order valence-corrected chi connectivity index (χ1v) is 8.60. The second-order valence-electron chi connectivity index (χ2n) is 6.35. The molecule has 3 rings (SSSR count). The molecule has 0 fully saturated rings. The number of aliphatic imine (C=N–C) groups is 1. The number of nitrogens with one attached hydrogen (secondary N) is 2. The normalized spacial score (nSPS) is 18.7. The maximum Gasteiger partial charge on any atom is 0.174 e. The lowest BCUT2D eigenvalue weighted by Crippen LogP contribution is -2.14. The van der Waals surface area contributed by atoms with Gasteiger partial charge in [0, 0.05) is 18.1 Å². The van der Waals surface area contributed by atoms with E-state index in [-0.39, 0.29) is 0 Å². The van der Waals surface area contributed by atoms with E-state index in [9.17, 15) is 0 Å². The molecule has 0 spiro atoms. The molecule has 2 aromatic rings. The molecule has 0 saturated heterocycles. The van der Waals surface area contributed by atoms with Crippen LogP contribution in [0.25, 0.3) is 0 Å². The van der Waals surface area contributed by atoms with Crippen LogP contribution in [0.5, 0.6) is 0 Å². The molecule has 1 aliphatic carbocycles. The lowest BCUT2D eigenvalue weighted by Gasteiger charge is -2.25. The summed E-state index contributed by atoms with van der Waals surface area (Å²) in [4.78, 5) is 10.9. The first kappa shape index (κ1) is 15.9. The van der Waals surface area contributed by atoms with Gasteiger partial charge in [-0.15, -0.1) is 0 Å². The van der Waals surface area contributed by atoms with Crippen LogP contribution in [0.1, 0.15) is 37.4 Å². The molecule has 2 N–H and O–H groups in total. The van der Waals surface area contributed by atoms with Crippen LogP contribution in [0, 0.1) is 10.7 Å². The van der Waals surface area contributed by atoms with Crippen molar-refractivity contribution in [3.63, 3.8) is 0 Å². The largest absolute Gasteiger partial charge is 0.337 e. The van der Waals surface area contributed by atoms with E-state index in [0.717, 1.165) is 29.7 Å². The summed E-state index contributed by atoms with van der Waals surface area (Å²) >= 11 is 5.11. The van der Waals surface area contributed by atoms with Crippen molar-refractivity contribution in [3.8, 4) is 0 Å². The van der Waals surface area contributed by atoms with E-state index in [1.807, 2.05) is 30.6 Å². The molecule has 0 aliphatic heterocycles. The van der Waals surface area contributed by atoms with Crippen LogP contribution in [0.2, 0.25) is 0 Å². The molecule has 0 radical (unpaired) electrons. The maximum atomic E-state index is 5.11. The third kappa shape index (κ3) is 4.52. The smallest absolute Gasteiger partial charge is 0.174 e. The molecule has 1 aromatic heterocycles. The standard InChI is InChI=1S/C19H23N3S/c1-14-7-8-16(10-18-13-21-19(23)22-18)9-17(14)12-20-11-15-5-3-2-4-6-15/h2-6,11,13,16H,7-10,12H2,1H3,(H2,21,22,23)/b20-11+. The van der Waals surface area contributed by atoms with Crippen LogP contribution in [0.3, 0.4) is 0 Å². The molecule has 1 aliphatic rings. The minimum atomic E-state index is 0.682. The van der Waals surface area contributed by atoms with Crippen LogP contribution >= 0.6 is 12.2 Å². The summed E-state index contributed by atoms with van der Waals surface area (Å²) < 4.78 is 0.718. The summed E-state index contributed by atoms with van der Waals surface area (Å²) in [5.74, 6) is 0.682. The van der Waals surface area contributed by atoms with Gasteiger partial charge in [-0.05, 0) is 61.9 Å². The van der Waals surface area contributed by atoms with Gasteiger partial charge in [0.1, 0.15) is 0 Å². The zero-order chi connectivity index (χ0) is 16.1. The minimum Gasteiger partial charge on any atom is -0.337 e. The number of hydrogen-bond donors (Lipinski definition) is 2. The average Bonchev–Trinajstić information content (AvgIpc) is 2.96. The fourth-order valence-corrected chi connectivity index (χ4v) is 3.38. The van der Waals surface area contributed by atoms with E-state index in [2.05, 4.69) is 34.0 Å². The Balaban J connectivity index is 1.60. The molecule has 1 atom stereocenters. The third-order valence-corrected chi connectivity index (χ3v) is 4.77. The number of nitrogens with zero attached hydrogens (tertiary/aromatic N) is 1. The first-order chi connectivity index (χ1) is 11.2. The van der Waals surface area contributed by atoms with Crippen molar-refractivity contribution >= 4 is 18.4 Å². The van der Waals surface area contributed by atoms with E-state index >= 15 is 0 Å². The number of imidazole rings is 1. The second kappa shape index (κ2) is 7.55. The van der Waals surface area contributed by atoms with Gasteiger partial charge < -0.3 is 9.97 Å². The van der Waals surface area contributed by atoms with E-state index < -0.39 is 0 Å². The summed E-state index contributed by atoms with van der Waals surface area (Å²) in [6.07, 6.45) is 8.62. The molecule has 1 unspecified atom stereocenters. The van der Waals surface area contributed by atoms with Crippen molar-refractivity contribution in [1.82, 2.24) is 9.97 Å². The van der Waals surface area contributed by atoms with Gasteiger partial charge in [0.2, 0.25) is 0 Å². The molecular formula is C19H23N3S. The van der Waals surface area contributed by atoms with Crippen LogP contribution in [-0.2, 0) is 6.42 Å². The average molecular weight is 325 g/mol. The van der Waals surface area contributed by atoms with Gasteiger partial charge in [0.25, 0.3) is 0 Å². The van der Waals surface area contributed by atoms with Gasteiger partial charge in [0.15, 0.2) is 4.77 Å². The molecule has 23 heavy (non-hydrogen) atoms. The van der Waals surface area contributed by atoms with Gasteiger partial charge in [-0.25, -0.2) is 0 Å². The third-order valence-electron chi connectivity index (χ3n) is 4.55. The van der Waals surface area contributed by atoms with Crippen molar-refractivity contribution in [2.45, 2.75) is 32.6 Å². The predicted octanol–water partition coefficient (Wildman–Crippen LogP) is 4.85. The highest BCUT2D eigenvalue weighted by Crippen LogP contribution is 2.31. The quantitative estimate of drug-likeness (QED) is 0.460. The van der Waals surface area contributed by atoms with Gasteiger partial charge >= 0.3 is 0 Å². The van der Waals surface area contributed by atoms with Crippen LogP contribution in [0.15, 0.2) is 52.7 Å². The Morgan fingerprint density at radius 2 is 2.13 bits per heavy atom. The zero-order valence-corrected chi connectivity index (χ0v) is 14.3. The number of hydrogen-bond acceptors (Lipinski definition) is 2. The van der Waals surface area contributed by atoms with Gasteiger partial charge in [0.05, 0.1) is 6.54 Å². The highest BCUT2D eigenvalue weighted by molar-refractivity contribution is 7.71. The number of aromatic nitrogens is 2. The summed E-state index contributed by atoms with van der Waals surface area (Å²) in [6, 6.07) is 10.3. The Morgan fingerprint density at radius 3 is 2.87 bits per heavy atom. The van der Waals surface area contributed by atoms with E-state index in [1.54, 1.807) is 0 Å². The van der Waals surface area contributed by atoms with Crippen molar-refractivity contribution in [1.29, 1.82) is 0 Å². The lowest BCUT2D eigenvalue weighted by atomic mass is 9.82. The Morgan fingerprint density at radius 1 is 1.30 bits per heavy atom. The van der Waals surface area contributed by atoms with Crippen LogP contribution in [0.4, 0.5) is 0 Å². The minimum absolute atomic E-state index is 0.682. The molecule has 3 nitrogen and oxygen atoms in total. The van der Waals surface area contributed by atoms with E-state index in [0.29, 0.717) is 5.92 Å². The highest BCUT2D eigenvalue weighted by atomic mass is 32.1. The number of aromatic amines is 2. The fraction of sp³-hybridized carbons (Fsp3) is 0.368. The molecule has 0 amide bonds. The number of rotatable bonds is 5. The second-order valence-corrected chi connectivity index (χ2v) is 6.75. The van der Waals surface area contributed by atoms with Gasteiger partial charge in [-0.3, -0.25) is 4.99 Å². The van der Waals surface area contributed by atoms with E-state index in [1.165, 1.54) is 29.7 Å². The Kier molecular flexibility index (Phi) is 5.23. The van der Waals surface area contributed by atoms with Gasteiger partial charge in [-0.2, -0.15) is 0 Å². The van der Waals surface area contributed by atoms with Gasteiger partial charge in [-0.1, -0.05) is 35.9 Å². The van der Waals surface area contributed by atoms with Crippen molar-refractivity contribution < 1.29 is 0 Å². The molecule has 1 heterocycles. The molecule has 1 aromatic carbocycles. The SMILES string of the molecule is CC1=C(C/N=C/c2ccccc2)CC(Cc2c[nH]c(=S)[nH]2)CC1. The van der Waals surface area contributed by atoms with Crippen LogP contribution < -0.4 is 0 Å². The Bertz CT molecular complexity index is 752. The van der Waals surface area contributed by atoms with Crippen molar-refractivity contribution in [3.05, 3.63) is 63.7 Å². The number of allylic oxidation sites excluding steroid dienone is 1. The van der Waals surface area contributed by atoms with Crippen molar-refractivity contribution in [2.75, 3.05) is 6.54 Å². The fourth-order valence-electron chi connectivity index (χ4n) is 3.19. The predicted molar refractivity (Wildman–Crippen MR) is 98.6 cm³/mol. The topological polar surface area (TPSA) is 43.9 Å².